The number of benzene rings is 2. The van der Waals surface area contributed by atoms with E-state index in [0.29, 0.717) is 30.5 Å². The first-order valence-corrected chi connectivity index (χ1v) is 8.84. The van der Waals surface area contributed by atoms with E-state index < -0.39 is 5.60 Å². The van der Waals surface area contributed by atoms with Gasteiger partial charge >= 0.3 is 0 Å². The van der Waals surface area contributed by atoms with Gasteiger partial charge in [0, 0.05) is 18.6 Å². The van der Waals surface area contributed by atoms with Crippen LogP contribution in [0, 0.1) is 12.7 Å². The van der Waals surface area contributed by atoms with Gasteiger partial charge in [-0.2, -0.15) is 0 Å². The third kappa shape index (κ3) is 2.66. The fourth-order valence-corrected chi connectivity index (χ4v) is 4.70. The van der Waals surface area contributed by atoms with Gasteiger partial charge in [-0.1, -0.05) is 42.5 Å². The zero-order valence-corrected chi connectivity index (χ0v) is 14.1. The molecule has 2 bridgehead atoms. The molecule has 0 aliphatic carbocycles. The summed E-state index contributed by atoms with van der Waals surface area (Å²) in [4.78, 5) is 2.54. The molecular weight excluding hydrogens is 301 g/mol. The van der Waals surface area contributed by atoms with E-state index in [0.717, 1.165) is 24.9 Å². The molecule has 0 aromatic heterocycles. The second-order valence-electron chi connectivity index (χ2n) is 7.40. The predicted molar refractivity (Wildman–Crippen MR) is 93.1 cm³/mol. The van der Waals surface area contributed by atoms with Gasteiger partial charge in [0.1, 0.15) is 5.82 Å². The molecular formula is C21H24FNO. The molecule has 2 aliphatic rings. The minimum Gasteiger partial charge on any atom is -0.385 e. The van der Waals surface area contributed by atoms with Gasteiger partial charge in [-0.25, -0.2) is 4.39 Å². The van der Waals surface area contributed by atoms with Crippen molar-refractivity contribution < 1.29 is 9.50 Å². The van der Waals surface area contributed by atoms with Gasteiger partial charge in [0.25, 0.3) is 0 Å². The lowest BCUT2D eigenvalue weighted by molar-refractivity contribution is -0.0600. The molecule has 3 heteroatoms. The maximum Gasteiger partial charge on any atom is 0.126 e. The van der Waals surface area contributed by atoms with E-state index in [-0.39, 0.29) is 5.82 Å². The molecule has 2 nitrogen and oxygen atoms in total. The van der Waals surface area contributed by atoms with Gasteiger partial charge in [-0.3, -0.25) is 4.90 Å². The molecule has 2 unspecified atom stereocenters. The molecule has 2 aliphatic heterocycles. The minimum atomic E-state index is -0.898. The van der Waals surface area contributed by atoms with E-state index in [1.165, 1.54) is 11.6 Å². The van der Waals surface area contributed by atoms with Crippen LogP contribution in [0.4, 0.5) is 4.39 Å². The van der Waals surface area contributed by atoms with Gasteiger partial charge in [-0.15, -0.1) is 0 Å². The van der Waals surface area contributed by atoms with E-state index in [1.807, 2.05) is 12.1 Å². The number of aliphatic hydroxyl groups is 1. The van der Waals surface area contributed by atoms with E-state index in [9.17, 15) is 9.50 Å². The van der Waals surface area contributed by atoms with Crippen molar-refractivity contribution in [2.24, 2.45) is 0 Å². The maximum atomic E-state index is 14.0. The Morgan fingerprint density at radius 2 is 1.71 bits per heavy atom. The molecule has 2 atom stereocenters. The molecule has 2 heterocycles. The van der Waals surface area contributed by atoms with Crippen molar-refractivity contribution >= 4 is 0 Å². The Morgan fingerprint density at radius 1 is 1.04 bits per heavy atom. The monoisotopic (exact) mass is 325 g/mol. The standard InChI is InChI=1S/C21H24FNO/c1-15-19(8-5-9-20(15)22)21(24)12-17-10-11-18(13-21)23(17)14-16-6-3-2-4-7-16/h2-9,17-18,24H,10-14H2,1H3. The zero-order valence-electron chi connectivity index (χ0n) is 14.1. The van der Waals surface area contributed by atoms with Gasteiger partial charge in [0.05, 0.1) is 5.60 Å². The number of halogens is 1. The average molecular weight is 325 g/mol. The fraction of sp³-hybridized carbons (Fsp3) is 0.429. The number of piperidine rings is 1. The van der Waals surface area contributed by atoms with Gasteiger partial charge < -0.3 is 5.11 Å². The Labute approximate surface area is 142 Å². The quantitative estimate of drug-likeness (QED) is 0.916. The Hall–Kier alpha value is -1.71. The van der Waals surface area contributed by atoms with Crippen LogP contribution in [-0.2, 0) is 12.1 Å². The van der Waals surface area contributed by atoms with Gasteiger partial charge in [0.2, 0.25) is 0 Å². The van der Waals surface area contributed by atoms with Crippen molar-refractivity contribution in [1.29, 1.82) is 0 Å². The minimum absolute atomic E-state index is 0.222. The molecule has 126 valence electrons. The molecule has 0 saturated carbocycles. The van der Waals surface area contributed by atoms with Crippen LogP contribution in [0.2, 0.25) is 0 Å². The lowest BCUT2D eigenvalue weighted by atomic mass is 9.78. The largest absolute Gasteiger partial charge is 0.385 e. The molecule has 0 radical (unpaired) electrons. The van der Waals surface area contributed by atoms with Crippen LogP contribution in [0.15, 0.2) is 48.5 Å². The van der Waals surface area contributed by atoms with Crippen molar-refractivity contribution in [3.05, 3.63) is 71.0 Å². The number of fused-ring (bicyclic) bond motifs is 2. The highest BCUT2D eigenvalue weighted by molar-refractivity contribution is 5.34. The lowest BCUT2D eigenvalue weighted by Gasteiger charge is -2.44. The van der Waals surface area contributed by atoms with Crippen LogP contribution in [-0.4, -0.2) is 22.1 Å². The molecule has 2 aromatic carbocycles. The highest BCUT2D eigenvalue weighted by atomic mass is 19.1. The smallest absolute Gasteiger partial charge is 0.126 e. The second kappa shape index (κ2) is 5.98. The number of rotatable bonds is 3. The number of hydrogen-bond acceptors (Lipinski definition) is 2. The van der Waals surface area contributed by atoms with Crippen LogP contribution in [0.5, 0.6) is 0 Å². The van der Waals surface area contributed by atoms with Crippen molar-refractivity contribution in [2.75, 3.05) is 0 Å². The molecule has 2 aromatic rings. The molecule has 4 rings (SSSR count). The maximum absolute atomic E-state index is 14.0. The van der Waals surface area contributed by atoms with Crippen LogP contribution in [0.25, 0.3) is 0 Å². The van der Waals surface area contributed by atoms with Crippen LogP contribution in [0.1, 0.15) is 42.4 Å². The Morgan fingerprint density at radius 3 is 2.38 bits per heavy atom. The van der Waals surface area contributed by atoms with Crippen molar-refractivity contribution in [3.8, 4) is 0 Å². The first-order chi connectivity index (χ1) is 11.6. The Kier molecular flexibility index (Phi) is 3.93. The highest BCUT2D eigenvalue weighted by Crippen LogP contribution is 2.47. The first-order valence-electron chi connectivity index (χ1n) is 8.84. The summed E-state index contributed by atoms with van der Waals surface area (Å²) >= 11 is 0. The fourth-order valence-electron chi connectivity index (χ4n) is 4.70. The van der Waals surface area contributed by atoms with Gasteiger partial charge in [0.15, 0.2) is 0 Å². The van der Waals surface area contributed by atoms with Crippen LogP contribution >= 0.6 is 0 Å². The summed E-state index contributed by atoms with van der Waals surface area (Å²) in [5.41, 5.74) is 1.79. The molecule has 0 spiro atoms. The Bertz CT molecular complexity index is 716. The van der Waals surface area contributed by atoms with Crippen molar-refractivity contribution in [3.63, 3.8) is 0 Å². The normalized spacial score (nSPS) is 29.8. The molecule has 0 amide bonds. The summed E-state index contributed by atoms with van der Waals surface area (Å²) in [7, 11) is 0. The first kappa shape index (κ1) is 15.8. The summed E-state index contributed by atoms with van der Waals surface area (Å²) < 4.78 is 14.0. The summed E-state index contributed by atoms with van der Waals surface area (Å²) in [6, 6.07) is 16.3. The summed E-state index contributed by atoms with van der Waals surface area (Å²) in [6.07, 6.45) is 3.63. The lowest BCUT2D eigenvalue weighted by Crippen LogP contribution is -2.49. The predicted octanol–water partition coefficient (Wildman–Crippen LogP) is 4.15. The molecule has 2 fully saturated rings. The zero-order chi connectivity index (χ0) is 16.7. The van der Waals surface area contributed by atoms with E-state index in [1.54, 1.807) is 13.0 Å². The number of hydrogen-bond donors (Lipinski definition) is 1. The highest BCUT2D eigenvalue weighted by Gasteiger charge is 2.48. The molecule has 24 heavy (non-hydrogen) atoms. The van der Waals surface area contributed by atoms with Crippen LogP contribution < -0.4 is 0 Å². The summed E-state index contributed by atoms with van der Waals surface area (Å²) in [5, 5.41) is 11.3. The third-order valence-corrected chi connectivity index (χ3v) is 5.89. The molecule has 2 saturated heterocycles. The number of nitrogens with zero attached hydrogens (tertiary/aromatic N) is 1. The van der Waals surface area contributed by atoms with E-state index >= 15 is 0 Å². The van der Waals surface area contributed by atoms with Crippen molar-refractivity contribution in [1.82, 2.24) is 4.90 Å². The van der Waals surface area contributed by atoms with Gasteiger partial charge in [-0.05, 0) is 55.4 Å². The van der Waals surface area contributed by atoms with E-state index in [4.69, 9.17) is 0 Å². The summed E-state index contributed by atoms with van der Waals surface area (Å²) in [5.74, 6) is -0.222. The molecule has 1 N–H and O–H groups in total. The second-order valence-corrected chi connectivity index (χ2v) is 7.40. The topological polar surface area (TPSA) is 23.5 Å². The Balaban J connectivity index is 1.59. The SMILES string of the molecule is Cc1c(F)cccc1C1(O)CC2CCC(C1)N2Cc1ccccc1. The third-order valence-electron chi connectivity index (χ3n) is 5.89. The van der Waals surface area contributed by atoms with E-state index in [2.05, 4.69) is 29.2 Å². The average Bonchev–Trinajstić information content (AvgIpc) is 2.82. The summed E-state index contributed by atoms with van der Waals surface area (Å²) in [6.45, 7) is 2.72. The van der Waals surface area contributed by atoms with Crippen molar-refractivity contribution in [2.45, 2.75) is 56.8 Å². The van der Waals surface area contributed by atoms with Crippen LogP contribution in [0.3, 0.4) is 0 Å².